The van der Waals surface area contributed by atoms with E-state index in [0.717, 1.165) is 16.7 Å². The van der Waals surface area contributed by atoms with E-state index >= 15 is 0 Å². The lowest BCUT2D eigenvalue weighted by Crippen LogP contribution is -2.39. The Hall–Kier alpha value is -2.56. The number of carboxylic acids is 1. The second kappa shape index (κ2) is 4.73. The van der Waals surface area contributed by atoms with E-state index in [1.165, 1.54) is 13.2 Å². The van der Waals surface area contributed by atoms with Gasteiger partial charge in [0.15, 0.2) is 5.76 Å². The molecule has 1 aliphatic rings. The Morgan fingerprint density at radius 1 is 1.27 bits per heavy atom. The minimum atomic E-state index is -1.29. The largest absolute Gasteiger partial charge is 0.478 e. The van der Waals surface area contributed by atoms with Crippen LogP contribution >= 0.6 is 0 Å². The van der Waals surface area contributed by atoms with Gasteiger partial charge in [-0.25, -0.2) is 4.79 Å². The normalized spacial score (nSPS) is 19.6. The third kappa shape index (κ3) is 2.01. The van der Waals surface area contributed by atoms with Gasteiger partial charge >= 0.3 is 5.97 Å². The summed E-state index contributed by atoms with van der Waals surface area (Å²) in [5.41, 5.74) is 1.53. The Labute approximate surface area is 127 Å². The lowest BCUT2D eigenvalue weighted by Gasteiger charge is -2.18. The first-order chi connectivity index (χ1) is 10.3. The van der Waals surface area contributed by atoms with Crippen LogP contribution in [0.25, 0.3) is 0 Å². The monoisotopic (exact) mass is 300 g/mol. The highest BCUT2D eigenvalue weighted by Gasteiger charge is 2.43. The smallest absolute Gasteiger partial charge is 0.348 e. The molecule has 22 heavy (non-hydrogen) atoms. The van der Waals surface area contributed by atoms with Crippen LogP contribution in [-0.4, -0.2) is 22.5 Å². The molecule has 1 aromatic heterocycles. The summed E-state index contributed by atoms with van der Waals surface area (Å²) in [6, 6.07) is 4.99. The maximum Gasteiger partial charge on any atom is 0.348 e. The van der Waals surface area contributed by atoms with Gasteiger partial charge in [0.2, 0.25) is 11.4 Å². The number of fused-ring (bicyclic) bond motifs is 1. The van der Waals surface area contributed by atoms with Gasteiger partial charge in [-0.1, -0.05) is 0 Å². The number of furan rings is 1. The fourth-order valence-corrected chi connectivity index (χ4v) is 2.75. The van der Waals surface area contributed by atoms with Crippen molar-refractivity contribution in [2.24, 2.45) is 0 Å². The van der Waals surface area contributed by atoms with E-state index in [2.05, 4.69) is 0 Å². The maximum absolute atomic E-state index is 12.5. The summed E-state index contributed by atoms with van der Waals surface area (Å²) in [7, 11) is 0. The molecular formula is C17H16O5. The van der Waals surface area contributed by atoms with Crippen molar-refractivity contribution in [3.8, 4) is 5.75 Å². The fourth-order valence-electron chi connectivity index (χ4n) is 2.75. The summed E-state index contributed by atoms with van der Waals surface area (Å²) in [6.45, 7) is 5.20. The number of hydrogen-bond donors (Lipinski definition) is 1. The van der Waals surface area contributed by atoms with E-state index in [1.54, 1.807) is 18.2 Å². The van der Waals surface area contributed by atoms with Gasteiger partial charge in [0.25, 0.3) is 0 Å². The second-order valence-corrected chi connectivity index (χ2v) is 5.78. The Kier molecular flexibility index (Phi) is 3.09. The lowest BCUT2D eigenvalue weighted by atomic mass is 9.92. The van der Waals surface area contributed by atoms with Gasteiger partial charge in [-0.15, -0.1) is 0 Å². The number of carbonyl (C=O) groups is 2. The Morgan fingerprint density at radius 3 is 2.59 bits per heavy atom. The molecule has 0 saturated heterocycles. The summed E-state index contributed by atoms with van der Waals surface area (Å²) in [4.78, 5) is 23.9. The van der Waals surface area contributed by atoms with Crippen molar-refractivity contribution in [1.82, 2.24) is 0 Å². The van der Waals surface area contributed by atoms with Crippen molar-refractivity contribution in [1.29, 1.82) is 0 Å². The molecule has 3 rings (SSSR count). The molecule has 2 heterocycles. The van der Waals surface area contributed by atoms with E-state index in [4.69, 9.17) is 9.15 Å². The topological polar surface area (TPSA) is 76.7 Å². The van der Waals surface area contributed by atoms with Gasteiger partial charge < -0.3 is 14.3 Å². The highest BCUT2D eigenvalue weighted by molar-refractivity contribution is 6.08. The summed E-state index contributed by atoms with van der Waals surface area (Å²) in [6.07, 6.45) is 1.69. The Morgan fingerprint density at radius 2 is 2.00 bits per heavy atom. The third-order valence-electron chi connectivity index (χ3n) is 4.21. The summed E-state index contributed by atoms with van der Waals surface area (Å²) < 4.78 is 10.8. The number of rotatable bonds is 3. The van der Waals surface area contributed by atoms with Crippen molar-refractivity contribution >= 4 is 11.8 Å². The van der Waals surface area contributed by atoms with Gasteiger partial charge in [-0.05, 0) is 55.7 Å². The Balaban J connectivity index is 2.09. The fraction of sp³-hybridized carbons (Fsp3) is 0.294. The van der Waals surface area contributed by atoms with E-state index in [9.17, 15) is 14.7 Å². The van der Waals surface area contributed by atoms with Crippen LogP contribution in [0.3, 0.4) is 0 Å². The average Bonchev–Trinajstić information content (AvgIpc) is 3.10. The number of hydrogen-bond acceptors (Lipinski definition) is 4. The predicted octanol–water partition coefficient (Wildman–Crippen LogP) is 2.91. The molecule has 0 aliphatic carbocycles. The molecule has 1 atom stereocenters. The molecule has 0 saturated carbocycles. The molecular weight excluding hydrogens is 284 g/mol. The van der Waals surface area contributed by atoms with E-state index < -0.39 is 11.6 Å². The molecule has 1 N–H and O–H groups in total. The van der Waals surface area contributed by atoms with Gasteiger partial charge in [-0.2, -0.15) is 0 Å². The van der Waals surface area contributed by atoms with Crippen molar-refractivity contribution in [2.45, 2.75) is 32.8 Å². The van der Waals surface area contributed by atoms with Gasteiger partial charge in [0, 0.05) is 12.0 Å². The molecule has 2 aromatic rings. The van der Waals surface area contributed by atoms with Crippen LogP contribution in [0.4, 0.5) is 0 Å². The molecule has 0 amide bonds. The number of carbonyl (C=O) groups excluding carboxylic acids is 1. The number of ether oxygens (including phenoxy) is 1. The molecule has 1 aliphatic heterocycles. The van der Waals surface area contributed by atoms with Crippen LogP contribution in [0.1, 0.15) is 39.7 Å². The summed E-state index contributed by atoms with van der Waals surface area (Å²) in [5.74, 6) is -0.391. The molecule has 0 spiro atoms. The van der Waals surface area contributed by atoms with Crippen LogP contribution in [0.5, 0.6) is 5.75 Å². The average molecular weight is 300 g/mol. The van der Waals surface area contributed by atoms with Crippen LogP contribution in [0.15, 0.2) is 28.9 Å². The number of aliphatic carboxylic acids is 1. The van der Waals surface area contributed by atoms with Crippen LogP contribution in [0, 0.1) is 13.8 Å². The lowest BCUT2D eigenvalue weighted by molar-refractivity contribution is -0.152. The van der Waals surface area contributed by atoms with Crippen molar-refractivity contribution in [2.75, 3.05) is 0 Å². The van der Waals surface area contributed by atoms with Crippen molar-refractivity contribution < 1.29 is 23.8 Å². The zero-order valence-electron chi connectivity index (χ0n) is 12.6. The van der Waals surface area contributed by atoms with Crippen LogP contribution in [0.2, 0.25) is 0 Å². The number of ketones is 1. The highest BCUT2D eigenvalue weighted by atomic mass is 16.5. The molecule has 0 radical (unpaired) electrons. The van der Waals surface area contributed by atoms with E-state index in [0.29, 0.717) is 11.3 Å². The molecule has 5 heteroatoms. The predicted molar refractivity (Wildman–Crippen MR) is 78.4 cm³/mol. The number of benzene rings is 1. The molecule has 1 unspecified atom stereocenters. The van der Waals surface area contributed by atoms with Gasteiger partial charge in [0.05, 0.1) is 6.26 Å². The zero-order chi connectivity index (χ0) is 16.1. The molecule has 114 valence electrons. The first kappa shape index (κ1) is 14.4. The van der Waals surface area contributed by atoms with Gasteiger partial charge in [-0.3, -0.25) is 4.79 Å². The Bertz CT molecular complexity index is 773. The SMILES string of the molecule is Cc1c(C(=O)c2ccco2)cc2c(c1C)OC(C)(C(=O)O)C2. The number of carboxylic acid groups (broad SMARTS) is 1. The molecule has 0 fully saturated rings. The quantitative estimate of drug-likeness (QED) is 0.882. The van der Waals surface area contributed by atoms with E-state index in [1.807, 2.05) is 13.8 Å². The zero-order valence-corrected chi connectivity index (χ0v) is 12.6. The van der Waals surface area contributed by atoms with Crippen LogP contribution < -0.4 is 4.74 Å². The highest BCUT2D eigenvalue weighted by Crippen LogP contribution is 2.40. The van der Waals surface area contributed by atoms with Crippen molar-refractivity contribution in [3.63, 3.8) is 0 Å². The van der Waals surface area contributed by atoms with E-state index in [-0.39, 0.29) is 18.0 Å². The standard InChI is InChI=1S/C17H16O5/c1-9-10(2)15-11(8-17(3,22-15)16(19)20)7-12(9)14(18)13-5-4-6-21-13/h4-7H,8H2,1-3H3,(H,19,20). The molecule has 5 nitrogen and oxygen atoms in total. The maximum atomic E-state index is 12.5. The third-order valence-corrected chi connectivity index (χ3v) is 4.21. The van der Waals surface area contributed by atoms with Crippen LogP contribution in [-0.2, 0) is 11.2 Å². The van der Waals surface area contributed by atoms with Crippen molar-refractivity contribution in [3.05, 3.63) is 52.5 Å². The summed E-state index contributed by atoms with van der Waals surface area (Å²) >= 11 is 0. The first-order valence-electron chi connectivity index (χ1n) is 6.97. The first-order valence-corrected chi connectivity index (χ1v) is 6.97. The minimum absolute atomic E-state index is 0.211. The summed E-state index contributed by atoms with van der Waals surface area (Å²) in [5, 5.41) is 9.33. The minimum Gasteiger partial charge on any atom is -0.478 e. The van der Waals surface area contributed by atoms with Gasteiger partial charge in [0.1, 0.15) is 5.75 Å². The molecule has 1 aromatic carbocycles. The second-order valence-electron chi connectivity index (χ2n) is 5.78. The molecule has 0 bridgehead atoms.